The van der Waals surface area contributed by atoms with Crippen LogP contribution in [0.4, 0.5) is 10.1 Å². The Morgan fingerprint density at radius 3 is 2.31 bits per heavy atom. The van der Waals surface area contributed by atoms with Crippen LogP contribution in [0.2, 0.25) is 0 Å². The zero-order chi connectivity index (χ0) is 24.2. The number of pyridine rings is 1. The maximum Gasteiger partial charge on any atom is 0.257 e. The summed E-state index contributed by atoms with van der Waals surface area (Å²) in [5.41, 5.74) is 2.65. The number of carbonyl (C=O) groups is 2. The van der Waals surface area contributed by atoms with Crippen LogP contribution in [0.15, 0.2) is 18.3 Å². The summed E-state index contributed by atoms with van der Waals surface area (Å²) in [6.45, 7) is 6.38. The first-order chi connectivity index (χ1) is 16.9. The fourth-order valence-corrected chi connectivity index (χ4v) is 5.67. The highest BCUT2D eigenvalue weighted by molar-refractivity contribution is 6.08. The molecule has 2 amide bonds. The monoisotopic (exact) mass is 482 g/mol. The number of rotatable bonds is 3. The molecular formula is C26H31FN4O4. The van der Waals surface area contributed by atoms with Crippen LogP contribution < -0.4 is 4.90 Å². The molecule has 9 heteroatoms. The van der Waals surface area contributed by atoms with Gasteiger partial charge in [0, 0.05) is 69.6 Å². The number of aromatic nitrogens is 1. The third-order valence-electron chi connectivity index (χ3n) is 7.79. The lowest BCUT2D eigenvalue weighted by Gasteiger charge is -2.40. The average Bonchev–Trinajstić information content (AvgIpc) is 3.63. The molecule has 0 bridgehead atoms. The molecule has 186 valence electrons. The van der Waals surface area contributed by atoms with Gasteiger partial charge in [-0.15, -0.1) is 0 Å². The lowest BCUT2D eigenvalue weighted by atomic mass is 9.99. The number of hydrogen-bond acceptors (Lipinski definition) is 6. The van der Waals surface area contributed by atoms with Gasteiger partial charge in [0.1, 0.15) is 5.82 Å². The van der Waals surface area contributed by atoms with Gasteiger partial charge in [-0.25, -0.2) is 4.39 Å². The van der Waals surface area contributed by atoms with Crippen molar-refractivity contribution in [2.24, 2.45) is 5.92 Å². The van der Waals surface area contributed by atoms with Crippen LogP contribution in [0.5, 0.6) is 0 Å². The van der Waals surface area contributed by atoms with E-state index in [0.29, 0.717) is 81.8 Å². The molecule has 3 saturated heterocycles. The zero-order valence-electron chi connectivity index (χ0n) is 20.1. The Kier molecular flexibility index (Phi) is 5.64. The Hall–Kier alpha value is -2.78. The van der Waals surface area contributed by atoms with Crippen LogP contribution in [0.25, 0.3) is 10.9 Å². The second kappa shape index (κ2) is 8.71. The first kappa shape index (κ1) is 22.7. The predicted molar refractivity (Wildman–Crippen MR) is 128 cm³/mol. The minimum absolute atomic E-state index is 0.122. The summed E-state index contributed by atoms with van der Waals surface area (Å²) in [5, 5.41) is 0.653. The molecule has 2 aromatic rings. The highest BCUT2D eigenvalue weighted by atomic mass is 19.1. The largest absolute Gasteiger partial charge is 0.370 e. The highest BCUT2D eigenvalue weighted by Gasteiger charge is 2.41. The van der Waals surface area contributed by atoms with E-state index in [0.717, 1.165) is 24.1 Å². The molecule has 35 heavy (non-hydrogen) atoms. The van der Waals surface area contributed by atoms with Crippen molar-refractivity contribution in [1.29, 1.82) is 0 Å². The maximum atomic E-state index is 14.5. The first-order valence-corrected chi connectivity index (χ1v) is 12.6. The van der Waals surface area contributed by atoms with Crippen molar-refractivity contribution >= 4 is 28.4 Å². The normalized spacial score (nSPS) is 22.3. The van der Waals surface area contributed by atoms with Gasteiger partial charge in [-0.2, -0.15) is 0 Å². The van der Waals surface area contributed by atoms with Gasteiger partial charge >= 0.3 is 0 Å². The van der Waals surface area contributed by atoms with Crippen molar-refractivity contribution in [2.75, 3.05) is 57.4 Å². The van der Waals surface area contributed by atoms with E-state index in [1.807, 2.05) is 11.8 Å². The number of aryl methyl sites for hydroxylation is 1. The van der Waals surface area contributed by atoms with Crippen molar-refractivity contribution in [3.05, 3.63) is 35.3 Å². The van der Waals surface area contributed by atoms with Crippen molar-refractivity contribution in [3.63, 3.8) is 0 Å². The predicted octanol–water partition coefficient (Wildman–Crippen LogP) is 2.72. The number of fused-ring (bicyclic) bond motifs is 1. The molecule has 0 unspecified atom stereocenters. The van der Waals surface area contributed by atoms with E-state index in [9.17, 15) is 14.0 Å². The highest BCUT2D eigenvalue weighted by Crippen LogP contribution is 2.38. The molecule has 4 aliphatic rings. The summed E-state index contributed by atoms with van der Waals surface area (Å²) in [6, 6.07) is 2.96. The number of halogens is 1. The van der Waals surface area contributed by atoms with E-state index in [4.69, 9.17) is 9.47 Å². The van der Waals surface area contributed by atoms with Gasteiger partial charge in [0.25, 0.3) is 5.91 Å². The Morgan fingerprint density at radius 2 is 1.66 bits per heavy atom. The molecule has 1 aromatic heterocycles. The van der Waals surface area contributed by atoms with Crippen LogP contribution in [-0.2, 0) is 14.3 Å². The minimum Gasteiger partial charge on any atom is -0.370 e. The second-order valence-corrected chi connectivity index (χ2v) is 10.1. The van der Waals surface area contributed by atoms with Crippen molar-refractivity contribution in [1.82, 2.24) is 14.8 Å². The SMILES string of the molecule is Cc1cc(F)cc2c(N3CCC4(CC3)OCCO4)c(C(=O)N3CCN(C(=O)C4CC4)CC3)cnc12. The fraction of sp³-hybridized carbons (Fsp3) is 0.577. The number of hydrogen-bond donors (Lipinski definition) is 0. The molecule has 0 atom stereocenters. The molecule has 1 aromatic carbocycles. The van der Waals surface area contributed by atoms with Crippen LogP contribution in [0.1, 0.15) is 41.6 Å². The third kappa shape index (κ3) is 4.14. The van der Waals surface area contributed by atoms with Gasteiger partial charge in [-0.3, -0.25) is 14.6 Å². The molecule has 3 aliphatic heterocycles. The summed E-state index contributed by atoms with van der Waals surface area (Å²) in [5.74, 6) is -0.611. The molecule has 0 N–H and O–H groups in total. The molecule has 4 fully saturated rings. The summed E-state index contributed by atoms with van der Waals surface area (Å²) in [7, 11) is 0. The van der Waals surface area contributed by atoms with Crippen molar-refractivity contribution in [2.45, 2.75) is 38.4 Å². The number of piperidine rings is 1. The number of carbonyl (C=O) groups excluding carboxylic acids is 2. The quantitative estimate of drug-likeness (QED) is 0.670. The maximum absolute atomic E-state index is 14.5. The van der Waals surface area contributed by atoms with E-state index >= 15 is 0 Å². The topological polar surface area (TPSA) is 75.2 Å². The molecule has 1 saturated carbocycles. The standard InChI is InChI=1S/C26H31FN4O4/c1-17-14-19(27)15-20-22(17)28-16-21(23(20)29-6-4-26(5-7-29)34-12-13-35-26)25(33)31-10-8-30(9-11-31)24(32)18-2-3-18/h14-16,18H,2-13H2,1H3. The lowest BCUT2D eigenvalue weighted by molar-refractivity contribution is -0.169. The molecule has 0 radical (unpaired) electrons. The summed E-state index contributed by atoms with van der Waals surface area (Å²) in [6.07, 6.45) is 4.96. The number of anilines is 1. The number of nitrogens with zero attached hydrogens (tertiary/aromatic N) is 4. The fourth-order valence-electron chi connectivity index (χ4n) is 5.67. The summed E-state index contributed by atoms with van der Waals surface area (Å²) < 4.78 is 26.3. The van der Waals surface area contributed by atoms with Gasteiger partial charge in [-0.1, -0.05) is 0 Å². The Balaban J connectivity index is 1.30. The van der Waals surface area contributed by atoms with E-state index in [1.54, 1.807) is 11.1 Å². The second-order valence-electron chi connectivity index (χ2n) is 10.1. The number of amides is 2. The van der Waals surface area contributed by atoms with Gasteiger partial charge in [0.2, 0.25) is 5.91 Å². The van der Waals surface area contributed by atoms with Gasteiger partial charge in [-0.05, 0) is 37.5 Å². The Labute approximate surface area is 204 Å². The van der Waals surface area contributed by atoms with Gasteiger partial charge < -0.3 is 24.2 Å². The molecular weight excluding hydrogens is 451 g/mol. The summed E-state index contributed by atoms with van der Waals surface area (Å²) in [4.78, 5) is 36.6. The van der Waals surface area contributed by atoms with E-state index in [2.05, 4.69) is 9.88 Å². The molecule has 1 aliphatic carbocycles. The molecule has 1 spiro atoms. The molecule has 8 nitrogen and oxygen atoms in total. The van der Waals surface area contributed by atoms with Crippen molar-refractivity contribution < 1.29 is 23.5 Å². The van der Waals surface area contributed by atoms with Crippen LogP contribution in [0.3, 0.4) is 0 Å². The van der Waals surface area contributed by atoms with E-state index in [-0.39, 0.29) is 23.5 Å². The third-order valence-corrected chi connectivity index (χ3v) is 7.79. The van der Waals surface area contributed by atoms with Crippen LogP contribution in [-0.4, -0.2) is 84.9 Å². The van der Waals surface area contributed by atoms with Gasteiger partial charge in [0.05, 0.1) is 30.0 Å². The lowest BCUT2D eigenvalue weighted by Crippen LogP contribution is -2.51. The summed E-state index contributed by atoms with van der Waals surface area (Å²) >= 11 is 0. The average molecular weight is 483 g/mol. The van der Waals surface area contributed by atoms with E-state index < -0.39 is 5.79 Å². The number of piperazine rings is 1. The smallest absolute Gasteiger partial charge is 0.257 e. The van der Waals surface area contributed by atoms with Crippen molar-refractivity contribution in [3.8, 4) is 0 Å². The van der Waals surface area contributed by atoms with Gasteiger partial charge in [0.15, 0.2) is 5.79 Å². The van der Waals surface area contributed by atoms with E-state index in [1.165, 1.54) is 12.1 Å². The van der Waals surface area contributed by atoms with Crippen LogP contribution in [0, 0.1) is 18.7 Å². The Bertz CT molecular complexity index is 1160. The minimum atomic E-state index is -0.547. The number of benzene rings is 1. The molecule has 4 heterocycles. The number of ether oxygens (including phenoxy) is 2. The first-order valence-electron chi connectivity index (χ1n) is 12.6. The Morgan fingerprint density at radius 1 is 1.00 bits per heavy atom. The van der Waals surface area contributed by atoms with Crippen LogP contribution >= 0.6 is 0 Å². The zero-order valence-corrected chi connectivity index (χ0v) is 20.1. The molecule has 6 rings (SSSR count).